The van der Waals surface area contributed by atoms with Gasteiger partial charge < -0.3 is 4.74 Å². The zero-order valence-electron chi connectivity index (χ0n) is 24.8. The number of unbranched alkanes of at least 4 members (excludes halogenated alkanes) is 13. The van der Waals surface area contributed by atoms with Crippen LogP contribution in [0.4, 0.5) is 0 Å². The first-order valence-electron chi connectivity index (χ1n) is 15.9. The average molecular weight is 529 g/mol. The van der Waals surface area contributed by atoms with Gasteiger partial charge in [-0.2, -0.15) is 0 Å². The Bertz CT molecular complexity index is 996. The summed E-state index contributed by atoms with van der Waals surface area (Å²) in [5, 5.41) is 0. The Balaban J connectivity index is 1.32. The topological polar surface area (TPSA) is 35.0 Å². The number of hydrogen-bond donors (Lipinski definition) is 0. The van der Waals surface area contributed by atoms with Crippen LogP contribution in [0.5, 0.6) is 5.75 Å². The second-order valence-electron chi connectivity index (χ2n) is 11.1. The maximum Gasteiger partial charge on any atom is 0.159 e. The van der Waals surface area contributed by atoms with Gasteiger partial charge in [0.2, 0.25) is 0 Å². The van der Waals surface area contributed by atoms with Crippen molar-refractivity contribution >= 4 is 0 Å². The molecule has 3 heteroatoms. The van der Waals surface area contributed by atoms with E-state index in [-0.39, 0.29) is 0 Å². The lowest BCUT2D eigenvalue weighted by atomic mass is 10.0. The van der Waals surface area contributed by atoms with Crippen molar-refractivity contribution in [2.45, 2.75) is 130 Å². The van der Waals surface area contributed by atoms with Crippen LogP contribution in [0.1, 0.15) is 127 Å². The minimum atomic E-state index is 0.585. The zero-order valence-corrected chi connectivity index (χ0v) is 24.8. The van der Waals surface area contributed by atoms with Crippen molar-refractivity contribution in [1.29, 1.82) is 0 Å². The molecule has 0 aliphatic heterocycles. The van der Waals surface area contributed by atoms with E-state index in [9.17, 15) is 0 Å². The monoisotopic (exact) mass is 528 g/mol. The molecule has 0 saturated carbocycles. The Morgan fingerprint density at radius 2 is 0.949 bits per heavy atom. The molecule has 0 spiro atoms. The predicted octanol–water partition coefficient (Wildman–Crippen LogP) is 10.7. The van der Waals surface area contributed by atoms with Crippen molar-refractivity contribution in [2.75, 3.05) is 0 Å². The lowest BCUT2D eigenvalue weighted by molar-refractivity contribution is 0.306. The van der Waals surface area contributed by atoms with Crippen molar-refractivity contribution in [3.63, 3.8) is 0 Å². The van der Waals surface area contributed by atoms with Crippen LogP contribution >= 0.6 is 0 Å². The highest BCUT2D eigenvalue weighted by Gasteiger charge is 2.04. The van der Waals surface area contributed by atoms with Crippen molar-refractivity contribution in [3.05, 3.63) is 77.6 Å². The summed E-state index contributed by atoms with van der Waals surface area (Å²) in [7, 11) is 0. The van der Waals surface area contributed by atoms with Crippen molar-refractivity contribution in [3.8, 4) is 17.1 Å². The summed E-state index contributed by atoms with van der Waals surface area (Å²) in [5.41, 5.74) is 4.90. The summed E-state index contributed by atoms with van der Waals surface area (Å²) in [4.78, 5) is 9.23. The lowest BCUT2D eigenvalue weighted by Gasteiger charge is -2.09. The van der Waals surface area contributed by atoms with Crippen molar-refractivity contribution in [2.24, 2.45) is 0 Å². The smallest absolute Gasteiger partial charge is 0.159 e. The average Bonchev–Trinajstić information content (AvgIpc) is 2.98. The lowest BCUT2D eigenvalue weighted by Crippen LogP contribution is -1.97. The van der Waals surface area contributed by atoms with E-state index in [1.54, 1.807) is 0 Å². The standard InChI is InChI=1S/C36H52N2O/c1-3-5-7-9-11-13-14-16-18-31-20-22-32(23-21-31)30-39-35-26-24-34(25-27-35)36-37-28-33(29-38-36)19-17-15-12-10-8-6-4-2/h20-29H,3-19,30H2,1-2H3. The highest BCUT2D eigenvalue weighted by molar-refractivity contribution is 5.55. The number of aryl methyl sites for hydroxylation is 2. The largest absolute Gasteiger partial charge is 0.489 e. The van der Waals surface area contributed by atoms with E-state index in [2.05, 4.69) is 48.1 Å². The molecule has 0 bridgehead atoms. The molecule has 0 atom stereocenters. The minimum absolute atomic E-state index is 0.585. The Morgan fingerprint density at radius 3 is 1.49 bits per heavy atom. The van der Waals surface area contributed by atoms with E-state index in [0.717, 1.165) is 23.6 Å². The summed E-state index contributed by atoms with van der Waals surface area (Å²) >= 11 is 0. The fraction of sp³-hybridized carbons (Fsp3) is 0.556. The van der Waals surface area contributed by atoms with Gasteiger partial charge in [0.05, 0.1) is 0 Å². The Morgan fingerprint density at radius 1 is 0.487 bits per heavy atom. The van der Waals surface area contributed by atoms with Crippen LogP contribution in [0.3, 0.4) is 0 Å². The molecule has 39 heavy (non-hydrogen) atoms. The molecule has 0 N–H and O–H groups in total. The van der Waals surface area contributed by atoms with Gasteiger partial charge in [0.1, 0.15) is 12.4 Å². The molecule has 3 aromatic rings. The van der Waals surface area contributed by atoms with E-state index in [0.29, 0.717) is 6.61 Å². The third-order valence-corrected chi connectivity index (χ3v) is 7.63. The second-order valence-corrected chi connectivity index (χ2v) is 11.1. The molecule has 3 rings (SSSR count). The van der Waals surface area contributed by atoms with E-state index in [4.69, 9.17) is 4.74 Å². The second kappa shape index (κ2) is 19.4. The molecule has 0 aliphatic carbocycles. The van der Waals surface area contributed by atoms with Gasteiger partial charge in [0, 0.05) is 18.0 Å². The van der Waals surface area contributed by atoms with Crippen LogP contribution in [0.2, 0.25) is 0 Å². The summed E-state index contributed by atoms with van der Waals surface area (Å²) < 4.78 is 6.04. The number of aromatic nitrogens is 2. The maximum atomic E-state index is 6.04. The first kappa shape index (κ1) is 30.9. The van der Waals surface area contributed by atoms with Gasteiger partial charge >= 0.3 is 0 Å². The van der Waals surface area contributed by atoms with Crippen LogP contribution in [0, 0.1) is 0 Å². The van der Waals surface area contributed by atoms with Crippen LogP contribution < -0.4 is 4.74 Å². The van der Waals surface area contributed by atoms with Crippen molar-refractivity contribution in [1.82, 2.24) is 9.97 Å². The molecular formula is C36H52N2O. The normalized spacial score (nSPS) is 11.1. The molecule has 3 nitrogen and oxygen atoms in total. The fourth-order valence-electron chi connectivity index (χ4n) is 5.05. The van der Waals surface area contributed by atoms with Gasteiger partial charge in [-0.1, -0.05) is 122 Å². The Hall–Kier alpha value is -2.68. The van der Waals surface area contributed by atoms with Gasteiger partial charge in [0.25, 0.3) is 0 Å². The number of hydrogen-bond acceptors (Lipinski definition) is 3. The van der Waals surface area contributed by atoms with E-state index in [1.165, 1.54) is 119 Å². The number of nitrogens with zero attached hydrogens (tertiary/aromatic N) is 2. The van der Waals surface area contributed by atoms with E-state index in [1.807, 2.05) is 36.7 Å². The summed E-state index contributed by atoms with van der Waals surface area (Å²) in [6.07, 6.45) is 26.5. The molecule has 0 unspecified atom stereocenters. The molecule has 1 aromatic heterocycles. The molecule has 0 saturated heterocycles. The van der Waals surface area contributed by atoms with Crippen LogP contribution in [-0.2, 0) is 19.4 Å². The quantitative estimate of drug-likeness (QED) is 0.129. The van der Waals surface area contributed by atoms with Gasteiger partial charge in [-0.3, -0.25) is 0 Å². The van der Waals surface area contributed by atoms with E-state index >= 15 is 0 Å². The molecule has 0 amide bonds. The highest BCUT2D eigenvalue weighted by atomic mass is 16.5. The van der Waals surface area contributed by atoms with Crippen molar-refractivity contribution < 1.29 is 4.74 Å². The fourth-order valence-corrected chi connectivity index (χ4v) is 5.05. The van der Waals surface area contributed by atoms with E-state index < -0.39 is 0 Å². The summed E-state index contributed by atoms with van der Waals surface area (Å²) in [6.45, 7) is 5.13. The molecular weight excluding hydrogens is 476 g/mol. The SMILES string of the molecule is CCCCCCCCCCc1ccc(COc2ccc(-c3ncc(CCCCCCCCC)cn3)cc2)cc1. The molecule has 212 valence electrons. The van der Waals surface area contributed by atoms with Gasteiger partial charge in [-0.15, -0.1) is 0 Å². The van der Waals surface area contributed by atoms with Gasteiger partial charge in [-0.05, 0) is 66.6 Å². The summed E-state index contributed by atoms with van der Waals surface area (Å²) in [6, 6.07) is 17.1. The van der Waals surface area contributed by atoms with Crippen LogP contribution in [0.15, 0.2) is 60.9 Å². The molecule has 2 aromatic carbocycles. The molecule has 1 heterocycles. The molecule has 0 aliphatic rings. The molecule has 0 radical (unpaired) electrons. The Labute approximate surface area is 238 Å². The third-order valence-electron chi connectivity index (χ3n) is 7.63. The number of ether oxygens (including phenoxy) is 1. The van der Waals surface area contributed by atoms with Gasteiger partial charge in [-0.25, -0.2) is 9.97 Å². The minimum Gasteiger partial charge on any atom is -0.489 e. The van der Waals surface area contributed by atoms with Crippen LogP contribution in [-0.4, -0.2) is 9.97 Å². The summed E-state index contributed by atoms with van der Waals surface area (Å²) in [5.74, 6) is 1.65. The van der Waals surface area contributed by atoms with Gasteiger partial charge in [0.15, 0.2) is 5.82 Å². The first-order chi connectivity index (χ1) is 19.3. The maximum absolute atomic E-state index is 6.04. The Kier molecular flexibility index (Phi) is 15.3. The first-order valence-corrected chi connectivity index (χ1v) is 15.9. The predicted molar refractivity (Wildman–Crippen MR) is 166 cm³/mol. The number of rotatable bonds is 21. The third kappa shape index (κ3) is 12.8. The number of benzene rings is 2. The highest BCUT2D eigenvalue weighted by Crippen LogP contribution is 2.21. The van der Waals surface area contributed by atoms with Crippen LogP contribution in [0.25, 0.3) is 11.4 Å². The molecule has 0 fully saturated rings. The zero-order chi connectivity index (χ0) is 27.4.